The molecule has 0 saturated carbocycles. The quantitative estimate of drug-likeness (QED) is 0.679. The lowest BCUT2D eigenvalue weighted by Crippen LogP contribution is -2.43. The summed E-state index contributed by atoms with van der Waals surface area (Å²) in [7, 11) is 0. The lowest BCUT2D eigenvalue weighted by atomic mass is 10.1. The van der Waals surface area contributed by atoms with Gasteiger partial charge >= 0.3 is 0 Å². The van der Waals surface area contributed by atoms with Crippen LogP contribution in [0, 0.1) is 6.92 Å². The second-order valence-electron chi connectivity index (χ2n) is 6.70. The number of ether oxygens (including phenoxy) is 1. The van der Waals surface area contributed by atoms with Gasteiger partial charge in [0.05, 0.1) is 24.8 Å². The van der Waals surface area contributed by atoms with E-state index in [0.717, 1.165) is 24.6 Å². The highest BCUT2D eigenvalue weighted by Crippen LogP contribution is 2.24. The van der Waals surface area contributed by atoms with E-state index < -0.39 is 0 Å². The van der Waals surface area contributed by atoms with Crippen LogP contribution >= 0.6 is 0 Å². The molecule has 8 nitrogen and oxygen atoms in total. The van der Waals surface area contributed by atoms with E-state index in [0.29, 0.717) is 36.7 Å². The molecule has 2 aromatic heterocycles. The predicted octanol–water partition coefficient (Wildman–Crippen LogP) is 2.18. The van der Waals surface area contributed by atoms with Crippen molar-refractivity contribution in [1.82, 2.24) is 25.4 Å². The standard InChI is InChI=1S/C20H23N5O3/c1-14-6-7-18(28-14)17(25-8-10-27-11-9-25)12-21-20(26)16-5-3-2-4-15(16)19-22-13-23-24-19/h2-7,13,17H,8-12H2,1H3,(H,21,26)(H,22,23,24)/t17-/m1/s1. The molecule has 1 aromatic carbocycles. The minimum Gasteiger partial charge on any atom is -0.465 e. The molecule has 0 unspecified atom stereocenters. The van der Waals surface area contributed by atoms with Gasteiger partial charge in [0, 0.05) is 25.2 Å². The maximum absolute atomic E-state index is 12.9. The van der Waals surface area contributed by atoms with Crippen LogP contribution in [0.4, 0.5) is 0 Å². The van der Waals surface area contributed by atoms with Crippen molar-refractivity contribution >= 4 is 5.91 Å². The molecule has 1 amide bonds. The number of morpholine rings is 1. The van der Waals surface area contributed by atoms with Gasteiger partial charge in [-0.25, -0.2) is 4.98 Å². The Morgan fingerprint density at radius 3 is 2.79 bits per heavy atom. The van der Waals surface area contributed by atoms with E-state index in [9.17, 15) is 4.79 Å². The molecule has 8 heteroatoms. The Kier molecular flexibility index (Phi) is 5.50. The molecule has 3 heterocycles. The third-order valence-corrected chi connectivity index (χ3v) is 4.87. The number of nitrogens with zero attached hydrogens (tertiary/aromatic N) is 3. The molecule has 4 rings (SSSR count). The summed E-state index contributed by atoms with van der Waals surface area (Å²) in [5, 5.41) is 9.76. The van der Waals surface area contributed by atoms with Gasteiger partial charge < -0.3 is 14.5 Å². The summed E-state index contributed by atoms with van der Waals surface area (Å²) < 4.78 is 11.3. The van der Waals surface area contributed by atoms with Gasteiger partial charge in [-0.2, -0.15) is 5.10 Å². The van der Waals surface area contributed by atoms with Crippen LogP contribution in [0.25, 0.3) is 11.4 Å². The number of aromatic amines is 1. The monoisotopic (exact) mass is 381 g/mol. The van der Waals surface area contributed by atoms with Gasteiger partial charge in [-0.3, -0.25) is 14.8 Å². The fourth-order valence-corrected chi connectivity index (χ4v) is 3.44. The molecule has 2 N–H and O–H groups in total. The molecule has 1 atom stereocenters. The number of hydrogen-bond donors (Lipinski definition) is 2. The van der Waals surface area contributed by atoms with Gasteiger partial charge in [-0.1, -0.05) is 18.2 Å². The van der Waals surface area contributed by atoms with Crippen molar-refractivity contribution in [3.8, 4) is 11.4 Å². The van der Waals surface area contributed by atoms with Gasteiger partial charge in [0.2, 0.25) is 0 Å². The number of furan rings is 1. The van der Waals surface area contributed by atoms with E-state index in [2.05, 4.69) is 25.4 Å². The van der Waals surface area contributed by atoms with E-state index in [1.807, 2.05) is 37.3 Å². The van der Waals surface area contributed by atoms with Crippen LogP contribution in [0.2, 0.25) is 0 Å². The van der Waals surface area contributed by atoms with Crippen LogP contribution in [0.5, 0.6) is 0 Å². The smallest absolute Gasteiger partial charge is 0.252 e. The number of carbonyl (C=O) groups excluding carboxylic acids is 1. The van der Waals surface area contributed by atoms with Crippen molar-refractivity contribution in [3.05, 3.63) is 59.8 Å². The summed E-state index contributed by atoms with van der Waals surface area (Å²) in [6, 6.07) is 11.2. The summed E-state index contributed by atoms with van der Waals surface area (Å²) >= 11 is 0. The second kappa shape index (κ2) is 8.37. The number of aryl methyl sites for hydroxylation is 1. The van der Waals surface area contributed by atoms with Crippen molar-refractivity contribution in [2.24, 2.45) is 0 Å². The number of benzene rings is 1. The Balaban J connectivity index is 1.52. The molecular weight excluding hydrogens is 358 g/mol. The van der Waals surface area contributed by atoms with Crippen LogP contribution in [-0.4, -0.2) is 58.8 Å². The molecule has 0 radical (unpaired) electrons. The zero-order valence-electron chi connectivity index (χ0n) is 15.7. The number of carbonyl (C=O) groups is 1. The van der Waals surface area contributed by atoms with E-state index in [-0.39, 0.29) is 11.9 Å². The average molecular weight is 381 g/mol. The van der Waals surface area contributed by atoms with Gasteiger partial charge in [-0.05, 0) is 25.1 Å². The fraction of sp³-hybridized carbons (Fsp3) is 0.350. The zero-order chi connectivity index (χ0) is 19.3. The molecule has 146 valence electrons. The van der Waals surface area contributed by atoms with Gasteiger partial charge in [0.25, 0.3) is 5.91 Å². The maximum Gasteiger partial charge on any atom is 0.252 e. The highest BCUT2D eigenvalue weighted by Gasteiger charge is 2.26. The molecule has 3 aromatic rings. The number of aromatic nitrogens is 3. The average Bonchev–Trinajstić information content (AvgIpc) is 3.41. The lowest BCUT2D eigenvalue weighted by Gasteiger charge is -2.33. The van der Waals surface area contributed by atoms with Gasteiger partial charge in [0.1, 0.15) is 17.8 Å². The van der Waals surface area contributed by atoms with E-state index in [4.69, 9.17) is 9.15 Å². The highest BCUT2D eigenvalue weighted by molar-refractivity contribution is 6.00. The summed E-state index contributed by atoms with van der Waals surface area (Å²) in [6.45, 7) is 5.32. The molecule has 28 heavy (non-hydrogen) atoms. The van der Waals surface area contributed by atoms with Gasteiger partial charge in [0.15, 0.2) is 5.82 Å². The predicted molar refractivity (Wildman–Crippen MR) is 103 cm³/mol. The number of hydrogen-bond acceptors (Lipinski definition) is 6. The lowest BCUT2D eigenvalue weighted by molar-refractivity contribution is 0.0117. The van der Waals surface area contributed by atoms with Crippen molar-refractivity contribution < 1.29 is 13.9 Å². The minimum atomic E-state index is -0.159. The van der Waals surface area contributed by atoms with Crippen molar-refractivity contribution in [3.63, 3.8) is 0 Å². The van der Waals surface area contributed by atoms with E-state index in [1.54, 1.807) is 6.07 Å². The maximum atomic E-state index is 12.9. The summed E-state index contributed by atoms with van der Waals surface area (Å²) in [4.78, 5) is 19.4. The van der Waals surface area contributed by atoms with Crippen LogP contribution in [0.1, 0.15) is 27.9 Å². The Morgan fingerprint density at radius 1 is 1.25 bits per heavy atom. The Morgan fingerprint density at radius 2 is 2.07 bits per heavy atom. The van der Waals surface area contributed by atoms with Crippen LogP contribution in [0.3, 0.4) is 0 Å². The molecule has 1 saturated heterocycles. The molecule has 0 bridgehead atoms. The largest absolute Gasteiger partial charge is 0.465 e. The van der Waals surface area contributed by atoms with Crippen molar-refractivity contribution in [2.45, 2.75) is 13.0 Å². The van der Waals surface area contributed by atoms with Crippen LogP contribution < -0.4 is 5.32 Å². The minimum absolute atomic E-state index is 0.0426. The summed E-state index contributed by atoms with van der Waals surface area (Å²) in [5.74, 6) is 2.11. The highest BCUT2D eigenvalue weighted by atomic mass is 16.5. The number of H-pyrrole nitrogens is 1. The van der Waals surface area contributed by atoms with Crippen LogP contribution in [-0.2, 0) is 4.74 Å². The third kappa shape index (κ3) is 3.97. The first-order valence-corrected chi connectivity index (χ1v) is 9.33. The Labute approximate surface area is 162 Å². The molecule has 1 aliphatic rings. The molecule has 1 aliphatic heterocycles. The molecular formula is C20H23N5O3. The molecule has 1 fully saturated rings. The fourth-order valence-electron chi connectivity index (χ4n) is 3.44. The second-order valence-corrected chi connectivity index (χ2v) is 6.70. The van der Waals surface area contributed by atoms with Crippen molar-refractivity contribution in [2.75, 3.05) is 32.8 Å². The Hall–Kier alpha value is -2.97. The SMILES string of the molecule is Cc1ccc([C@@H](CNC(=O)c2ccccc2-c2ncn[nH]2)N2CCOCC2)o1. The first-order chi connectivity index (χ1) is 13.7. The van der Waals surface area contributed by atoms with Gasteiger partial charge in [-0.15, -0.1) is 0 Å². The number of rotatable bonds is 6. The van der Waals surface area contributed by atoms with E-state index >= 15 is 0 Å². The van der Waals surface area contributed by atoms with Crippen molar-refractivity contribution in [1.29, 1.82) is 0 Å². The Bertz CT molecular complexity index is 916. The molecule has 0 spiro atoms. The molecule has 0 aliphatic carbocycles. The normalized spacial score (nSPS) is 16.0. The number of nitrogens with one attached hydrogen (secondary N) is 2. The zero-order valence-corrected chi connectivity index (χ0v) is 15.7. The van der Waals surface area contributed by atoms with E-state index in [1.165, 1.54) is 6.33 Å². The first-order valence-electron chi connectivity index (χ1n) is 9.33. The summed E-state index contributed by atoms with van der Waals surface area (Å²) in [5.41, 5.74) is 1.27. The number of amides is 1. The topological polar surface area (TPSA) is 96.3 Å². The third-order valence-electron chi connectivity index (χ3n) is 4.87. The van der Waals surface area contributed by atoms with Crippen LogP contribution in [0.15, 0.2) is 47.1 Å². The first kappa shape index (κ1) is 18.4. The summed E-state index contributed by atoms with van der Waals surface area (Å²) in [6.07, 6.45) is 1.43.